The van der Waals surface area contributed by atoms with Crippen LogP contribution in [0.4, 0.5) is 0 Å². The highest BCUT2D eigenvalue weighted by molar-refractivity contribution is 4.72. The van der Waals surface area contributed by atoms with Crippen molar-refractivity contribution in [1.82, 2.24) is 0 Å². The largest absolute Gasteiger partial charge is 0.394 e. The van der Waals surface area contributed by atoms with E-state index in [1.165, 1.54) is 0 Å². The van der Waals surface area contributed by atoms with E-state index in [1.807, 2.05) is 0 Å². The van der Waals surface area contributed by atoms with Crippen molar-refractivity contribution in [2.24, 2.45) is 0 Å². The van der Waals surface area contributed by atoms with E-state index >= 15 is 0 Å². The lowest BCUT2D eigenvalue weighted by Crippen LogP contribution is -2.29. The van der Waals surface area contributed by atoms with Crippen LogP contribution in [0.3, 0.4) is 0 Å². The second-order valence-corrected chi connectivity index (χ2v) is 4.48. The Kier molecular flexibility index (Phi) is 5.15. The molecule has 4 unspecified atom stereocenters. The van der Waals surface area contributed by atoms with Gasteiger partial charge in [0, 0.05) is 6.42 Å². The zero-order valence-electron chi connectivity index (χ0n) is 9.79. The summed E-state index contributed by atoms with van der Waals surface area (Å²) in [5, 5.41) is 18.2. The van der Waals surface area contributed by atoms with Crippen LogP contribution in [0.5, 0.6) is 0 Å². The average molecular weight is 248 g/mol. The van der Waals surface area contributed by atoms with Crippen molar-refractivity contribution in [2.75, 3.05) is 39.6 Å². The number of epoxide rings is 2. The topological polar surface area (TPSA) is 84.0 Å². The Morgan fingerprint density at radius 1 is 1.18 bits per heavy atom. The lowest BCUT2D eigenvalue weighted by molar-refractivity contribution is -0.0520. The summed E-state index contributed by atoms with van der Waals surface area (Å²) in [4.78, 5) is 0. The number of ether oxygens (including phenoxy) is 4. The van der Waals surface area contributed by atoms with Crippen LogP contribution in [0.1, 0.15) is 6.42 Å². The summed E-state index contributed by atoms with van der Waals surface area (Å²) >= 11 is 0. The molecule has 2 N–H and O–H groups in total. The molecule has 0 aromatic heterocycles. The van der Waals surface area contributed by atoms with Gasteiger partial charge < -0.3 is 29.2 Å². The Bertz CT molecular complexity index is 216. The molecule has 0 spiro atoms. The minimum Gasteiger partial charge on any atom is -0.394 e. The number of hydrogen-bond acceptors (Lipinski definition) is 6. The van der Waals surface area contributed by atoms with Gasteiger partial charge in [0.15, 0.2) is 0 Å². The van der Waals surface area contributed by atoms with E-state index in [0.717, 1.165) is 13.2 Å². The molecule has 100 valence electrons. The molecule has 0 radical (unpaired) electrons. The molecule has 0 aromatic carbocycles. The maximum atomic E-state index is 9.39. The molecule has 0 aromatic rings. The molecule has 2 fully saturated rings. The Balaban J connectivity index is 1.60. The van der Waals surface area contributed by atoms with Gasteiger partial charge in [-0.25, -0.2) is 0 Å². The summed E-state index contributed by atoms with van der Waals surface area (Å²) in [7, 11) is 0. The van der Waals surface area contributed by atoms with E-state index in [2.05, 4.69) is 0 Å². The van der Waals surface area contributed by atoms with Crippen molar-refractivity contribution in [3.05, 3.63) is 0 Å². The number of aliphatic hydroxyl groups is 2. The third-order valence-corrected chi connectivity index (χ3v) is 2.68. The van der Waals surface area contributed by atoms with E-state index in [1.54, 1.807) is 0 Å². The fraction of sp³-hybridized carbons (Fsp3) is 1.00. The first-order valence-corrected chi connectivity index (χ1v) is 5.99. The van der Waals surface area contributed by atoms with Crippen LogP contribution in [0.25, 0.3) is 0 Å². The molecule has 6 heteroatoms. The van der Waals surface area contributed by atoms with Gasteiger partial charge in [-0.2, -0.15) is 0 Å². The van der Waals surface area contributed by atoms with E-state index in [0.29, 0.717) is 26.2 Å². The molecule has 4 atom stereocenters. The van der Waals surface area contributed by atoms with Crippen LogP contribution in [-0.2, 0) is 18.9 Å². The molecule has 2 heterocycles. The second-order valence-electron chi connectivity index (χ2n) is 4.48. The standard InChI is InChI=1S/C11H20O6/c12-2-8(13)1-9(15-6-11-7-17-11)3-14-4-10-5-16-10/h8-13H,1-7H2. The molecule has 2 aliphatic rings. The Morgan fingerprint density at radius 3 is 2.41 bits per heavy atom. The van der Waals surface area contributed by atoms with Crippen molar-refractivity contribution in [2.45, 2.75) is 30.8 Å². The van der Waals surface area contributed by atoms with Crippen LogP contribution < -0.4 is 0 Å². The zero-order valence-corrected chi connectivity index (χ0v) is 9.79. The van der Waals surface area contributed by atoms with Gasteiger partial charge in [-0.15, -0.1) is 0 Å². The third-order valence-electron chi connectivity index (χ3n) is 2.68. The van der Waals surface area contributed by atoms with E-state index in [4.69, 9.17) is 24.1 Å². The van der Waals surface area contributed by atoms with Gasteiger partial charge in [-0.1, -0.05) is 0 Å². The maximum Gasteiger partial charge on any atom is 0.104 e. The van der Waals surface area contributed by atoms with Crippen LogP contribution in [0, 0.1) is 0 Å². The van der Waals surface area contributed by atoms with Crippen molar-refractivity contribution in [1.29, 1.82) is 0 Å². The van der Waals surface area contributed by atoms with Crippen molar-refractivity contribution in [3.8, 4) is 0 Å². The molecule has 0 amide bonds. The van der Waals surface area contributed by atoms with Gasteiger partial charge in [0.1, 0.15) is 12.2 Å². The molecular weight excluding hydrogens is 228 g/mol. The van der Waals surface area contributed by atoms with Crippen LogP contribution >= 0.6 is 0 Å². The molecule has 2 rings (SSSR count). The molecule has 17 heavy (non-hydrogen) atoms. The lowest BCUT2D eigenvalue weighted by Gasteiger charge is -2.19. The molecule has 6 nitrogen and oxygen atoms in total. The van der Waals surface area contributed by atoms with Crippen molar-refractivity contribution < 1.29 is 29.2 Å². The smallest absolute Gasteiger partial charge is 0.104 e. The fourth-order valence-electron chi connectivity index (χ4n) is 1.47. The highest BCUT2D eigenvalue weighted by Crippen LogP contribution is 2.14. The highest BCUT2D eigenvalue weighted by Gasteiger charge is 2.26. The first kappa shape index (κ1) is 13.2. The predicted molar refractivity (Wildman–Crippen MR) is 57.7 cm³/mol. The number of aliphatic hydroxyl groups excluding tert-OH is 2. The van der Waals surface area contributed by atoms with Crippen LogP contribution in [0.15, 0.2) is 0 Å². The van der Waals surface area contributed by atoms with Gasteiger partial charge in [0.25, 0.3) is 0 Å². The van der Waals surface area contributed by atoms with E-state index in [9.17, 15) is 5.11 Å². The summed E-state index contributed by atoms with van der Waals surface area (Å²) in [6.07, 6.45) is -0.184. The number of rotatable bonds is 10. The van der Waals surface area contributed by atoms with Gasteiger partial charge in [-0.3, -0.25) is 0 Å². The fourth-order valence-corrected chi connectivity index (χ4v) is 1.47. The minimum atomic E-state index is -0.763. The van der Waals surface area contributed by atoms with Gasteiger partial charge >= 0.3 is 0 Å². The normalized spacial score (nSPS) is 30.0. The lowest BCUT2D eigenvalue weighted by atomic mass is 10.2. The summed E-state index contributed by atoms with van der Waals surface area (Å²) < 4.78 is 21.1. The van der Waals surface area contributed by atoms with E-state index in [-0.39, 0.29) is 24.9 Å². The Hall–Kier alpha value is -0.240. The first-order valence-electron chi connectivity index (χ1n) is 5.99. The molecular formula is C11H20O6. The third kappa shape index (κ3) is 5.76. The van der Waals surface area contributed by atoms with Gasteiger partial charge in [0.2, 0.25) is 0 Å². The molecule has 2 saturated heterocycles. The monoisotopic (exact) mass is 248 g/mol. The SMILES string of the molecule is OCC(O)CC(COCC1CO1)OCC1CO1. The Morgan fingerprint density at radius 2 is 1.82 bits per heavy atom. The van der Waals surface area contributed by atoms with Crippen LogP contribution in [-0.4, -0.2) is 74.3 Å². The quantitative estimate of drug-likeness (QED) is 0.479. The summed E-state index contributed by atoms with van der Waals surface area (Å²) in [6, 6.07) is 0. The highest BCUT2D eigenvalue weighted by atomic mass is 16.6. The number of hydrogen-bond donors (Lipinski definition) is 2. The summed E-state index contributed by atoms with van der Waals surface area (Å²) in [5.41, 5.74) is 0. The average Bonchev–Trinajstić information content (AvgIpc) is 3.18. The molecule has 2 aliphatic heterocycles. The second kappa shape index (κ2) is 6.63. The zero-order chi connectivity index (χ0) is 12.1. The summed E-state index contributed by atoms with van der Waals surface area (Å²) in [5.74, 6) is 0. The molecule has 0 aliphatic carbocycles. The Labute approximate surface area is 100 Å². The van der Waals surface area contributed by atoms with E-state index < -0.39 is 6.10 Å². The van der Waals surface area contributed by atoms with Crippen LogP contribution in [0.2, 0.25) is 0 Å². The predicted octanol–water partition coefficient (Wildman–Crippen LogP) is -1.07. The molecule has 0 saturated carbocycles. The summed E-state index contributed by atoms with van der Waals surface area (Å²) in [6.45, 7) is 2.74. The first-order chi connectivity index (χ1) is 8.28. The van der Waals surface area contributed by atoms with Gasteiger partial charge in [0.05, 0.1) is 51.8 Å². The van der Waals surface area contributed by atoms with Crippen molar-refractivity contribution in [3.63, 3.8) is 0 Å². The molecule has 0 bridgehead atoms. The van der Waals surface area contributed by atoms with Crippen molar-refractivity contribution >= 4 is 0 Å². The maximum absolute atomic E-state index is 9.39. The van der Waals surface area contributed by atoms with Gasteiger partial charge in [-0.05, 0) is 0 Å². The minimum absolute atomic E-state index is 0.190.